The third-order valence-electron chi connectivity index (χ3n) is 12.2. The number of hydrogen-bond donors (Lipinski definition) is 2. The van der Waals surface area contributed by atoms with Crippen LogP contribution in [-0.2, 0) is 11.2 Å². The standard InChI is InChI=1S/C36H56N2O2/c1-24(2)7-6-8-25(3)31-15-16-32-30-14-11-27-23-29(17-20-35(27,4)33(30)18-21-36(31,32)5)40-34(39)38-22-19-26-9-12-28(37)13-10-26/h9-13,24-25,29-33H,6-8,14-23,37H2,1-5H3,(H,38,39)/t25-,29?,30?,31?,32?,33?,35?,36?/m1/s1. The van der Waals surface area contributed by atoms with Crippen LogP contribution in [0.4, 0.5) is 10.5 Å². The van der Waals surface area contributed by atoms with Gasteiger partial charge in [-0.2, -0.15) is 0 Å². The third-order valence-corrected chi connectivity index (χ3v) is 12.2. The van der Waals surface area contributed by atoms with Crippen LogP contribution in [0.1, 0.15) is 111 Å². The molecule has 8 atom stereocenters. The van der Waals surface area contributed by atoms with E-state index in [0.717, 1.165) is 66.9 Å². The molecule has 7 unspecified atom stereocenters. The average molecular weight is 549 g/mol. The zero-order valence-corrected chi connectivity index (χ0v) is 26.0. The Hall–Kier alpha value is -1.97. The molecule has 1 aromatic rings. The molecule has 3 fully saturated rings. The highest BCUT2D eigenvalue weighted by Gasteiger charge is 2.59. The number of ether oxygens (including phenoxy) is 1. The van der Waals surface area contributed by atoms with Crippen molar-refractivity contribution in [2.24, 2.45) is 46.3 Å². The van der Waals surface area contributed by atoms with E-state index in [1.54, 1.807) is 5.57 Å². The summed E-state index contributed by atoms with van der Waals surface area (Å²) in [6.07, 6.45) is 17.3. The van der Waals surface area contributed by atoms with Crippen molar-refractivity contribution in [3.63, 3.8) is 0 Å². The average Bonchev–Trinajstić information content (AvgIpc) is 3.27. The van der Waals surface area contributed by atoms with E-state index in [4.69, 9.17) is 10.5 Å². The van der Waals surface area contributed by atoms with Gasteiger partial charge in [-0.25, -0.2) is 4.79 Å². The Morgan fingerprint density at radius 3 is 2.55 bits per heavy atom. The van der Waals surface area contributed by atoms with Crippen molar-refractivity contribution in [2.45, 2.75) is 118 Å². The van der Waals surface area contributed by atoms with E-state index >= 15 is 0 Å². The van der Waals surface area contributed by atoms with Gasteiger partial charge in [0.25, 0.3) is 0 Å². The van der Waals surface area contributed by atoms with Crippen molar-refractivity contribution in [3.05, 3.63) is 41.5 Å². The summed E-state index contributed by atoms with van der Waals surface area (Å²) in [6.45, 7) is 13.1. The topological polar surface area (TPSA) is 64.3 Å². The Morgan fingerprint density at radius 2 is 1.80 bits per heavy atom. The molecule has 4 heteroatoms. The van der Waals surface area contributed by atoms with Gasteiger partial charge in [0, 0.05) is 18.7 Å². The van der Waals surface area contributed by atoms with E-state index in [9.17, 15) is 4.79 Å². The lowest BCUT2D eigenvalue weighted by molar-refractivity contribution is -0.0581. The summed E-state index contributed by atoms with van der Waals surface area (Å²) < 4.78 is 5.94. The number of carbonyl (C=O) groups excluding carboxylic acids is 1. The zero-order chi connectivity index (χ0) is 28.5. The first-order chi connectivity index (χ1) is 19.1. The number of allylic oxidation sites excluding steroid dienone is 1. The van der Waals surface area contributed by atoms with E-state index < -0.39 is 0 Å². The second-order valence-corrected chi connectivity index (χ2v) is 15.0. The Labute approximate surface area is 244 Å². The molecule has 0 radical (unpaired) electrons. The van der Waals surface area contributed by atoms with Gasteiger partial charge in [-0.3, -0.25) is 0 Å². The Morgan fingerprint density at radius 1 is 1.02 bits per heavy atom. The molecule has 0 saturated heterocycles. The Bertz CT molecular complexity index is 1050. The van der Waals surface area contributed by atoms with Crippen LogP contribution in [0.15, 0.2) is 35.9 Å². The first-order valence-corrected chi connectivity index (χ1v) is 16.6. The summed E-state index contributed by atoms with van der Waals surface area (Å²) in [5.41, 5.74) is 10.1. The monoisotopic (exact) mass is 548 g/mol. The van der Waals surface area contributed by atoms with Gasteiger partial charge in [0.2, 0.25) is 0 Å². The lowest BCUT2D eigenvalue weighted by Crippen LogP contribution is -2.51. The molecule has 5 rings (SSSR count). The summed E-state index contributed by atoms with van der Waals surface area (Å²) >= 11 is 0. The van der Waals surface area contributed by atoms with E-state index in [-0.39, 0.29) is 17.6 Å². The van der Waals surface area contributed by atoms with Crippen LogP contribution in [0, 0.1) is 46.3 Å². The first-order valence-electron chi connectivity index (χ1n) is 16.6. The van der Waals surface area contributed by atoms with Gasteiger partial charge in [-0.1, -0.05) is 77.7 Å². The number of amides is 1. The molecule has 3 N–H and O–H groups in total. The fraction of sp³-hybridized carbons (Fsp3) is 0.750. The maximum absolute atomic E-state index is 12.6. The quantitative estimate of drug-likeness (QED) is 0.239. The first kappa shape index (κ1) is 29.5. The molecule has 0 heterocycles. The lowest BCUT2D eigenvalue weighted by atomic mass is 9.47. The number of anilines is 1. The van der Waals surface area contributed by atoms with Crippen molar-refractivity contribution < 1.29 is 9.53 Å². The second kappa shape index (κ2) is 12.1. The van der Waals surface area contributed by atoms with E-state index in [1.165, 1.54) is 56.9 Å². The van der Waals surface area contributed by atoms with Crippen LogP contribution < -0.4 is 11.1 Å². The Kier molecular flexibility index (Phi) is 8.93. The van der Waals surface area contributed by atoms with Gasteiger partial charge in [0.15, 0.2) is 0 Å². The van der Waals surface area contributed by atoms with Gasteiger partial charge in [0.1, 0.15) is 6.10 Å². The predicted molar refractivity (Wildman–Crippen MR) is 166 cm³/mol. The summed E-state index contributed by atoms with van der Waals surface area (Å²) in [6, 6.07) is 7.84. The van der Waals surface area contributed by atoms with Crippen molar-refractivity contribution in [2.75, 3.05) is 12.3 Å². The minimum Gasteiger partial charge on any atom is -0.446 e. The maximum Gasteiger partial charge on any atom is 0.407 e. The fourth-order valence-electron chi connectivity index (χ4n) is 9.94. The van der Waals surface area contributed by atoms with Gasteiger partial charge in [-0.15, -0.1) is 0 Å². The van der Waals surface area contributed by atoms with Crippen LogP contribution in [0.5, 0.6) is 0 Å². The van der Waals surface area contributed by atoms with E-state index in [1.807, 2.05) is 24.3 Å². The SMILES string of the molecule is CC(C)CCC[C@@H](C)C1CCC2C3CC=C4CC(OC(=O)NCCc5ccc(N)cc5)CCC4(C)C3CCC21C. The number of hydrogen-bond acceptors (Lipinski definition) is 3. The maximum atomic E-state index is 12.6. The molecular weight excluding hydrogens is 492 g/mol. The summed E-state index contributed by atoms with van der Waals surface area (Å²) in [5.74, 6) is 5.13. The molecule has 0 bridgehead atoms. The molecule has 4 aliphatic rings. The summed E-state index contributed by atoms with van der Waals surface area (Å²) in [5, 5.41) is 2.97. The minimum atomic E-state index is -0.272. The van der Waals surface area contributed by atoms with Crippen molar-refractivity contribution in [3.8, 4) is 0 Å². The molecule has 0 spiro atoms. The summed E-state index contributed by atoms with van der Waals surface area (Å²) in [4.78, 5) is 12.6. The largest absolute Gasteiger partial charge is 0.446 e. The molecule has 4 aliphatic carbocycles. The second-order valence-electron chi connectivity index (χ2n) is 15.0. The normalized spacial score (nSPS) is 35.8. The molecule has 0 aliphatic heterocycles. The van der Waals surface area contributed by atoms with Crippen LogP contribution in [0.25, 0.3) is 0 Å². The highest BCUT2D eigenvalue weighted by Crippen LogP contribution is 2.67. The third kappa shape index (κ3) is 5.97. The zero-order valence-electron chi connectivity index (χ0n) is 26.0. The van der Waals surface area contributed by atoms with Crippen molar-refractivity contribution in [1.29, 1.82) is 0 Å². The van der Waals surface area contributed by atoms with Gasteiger partial charge >= 0.3 is 6.09 Å². The fourth-order valence-corrected chi connectivity index (χ4v) is 9.94. The number of rotatable bonds is 9. The van der Waals surface area contributed by atoms with Gasteiger partial charge in [0.05, 0.1) is 0 Å². The van der Waals surface area contributed by atoms with Crippen LogP contribution in [0.2, 0.25) is 0 Å². The van der Waals surface area contributed by atoms with Crippen molar-refractivity contribution >= 4 is 11.8 Å². The minimum absolute atomic E-state index is 0.00352. The molecule has 1 aromatic carbocycles. The molecule has 40 heavy (non-hydrogen) atoms. The van der Waals surface area contributed by atoms with Crippen LogP contribution in [-0.4, -0.2) is 18.7 Å². The smallest absolute Gasteiger partial charge is 0.407 e. The molecule has 4 nitrogen and oxygen atoms in total. The number of nitrogen functional groups attached to an aromatic ring is 1. The van der Waals surface area contributed by atoms with Crippen LogP contribution in [0.3, 0.4) is 0 Å². The van der Waals surface area contributed by atoms with Gasteiger partial charge in [-0.05, 0) is 115 Å². The predicted octanol–water partition coefficient (Wildman–Crippen LogP) is 8.95. The summed E-state index contributed by atoms with van der Waals surface area (Å²) in [7, 11) is 0. The van der Waals surface area contributed by atoms with Gasteiger partial charge < -0.3 is 15.8 Å². The Balaban J connectivity index is 1.15. The number of carbonyl (C=O) groups is 1. The highest BCUT2D eigenvalue weighted by atomic mass is 16.6. The van der Waals surface area contributed by atoms with Crippen molar-refractivity contribution in [1.82, 2.24) is 5.32 Å². The molecule has 222 valence electrons. The number of fused-ring (bicyclic) bond motifs is 5. The highest BCUT2D eigenvalue weighted by molar-refractivity contribution is 5.67. The molecule has 1 amide bonds. The number of benzene rings is 1. The molecule has 0 aromatic heterocycles. The van der Waals surface area contributed by atoms with E-state index in [2.05, 4.69) is 46.0 Å². The lowest BCUT2D eigenvalue weighted by Gasteiger charge is -2.58. The van der Waals surface area contributed by atoms with E-state index in [0.29, 0.717) is 12.0 Å². The van der Waals surface area contributed by atoms with Crippen LogP contribution >= 0.6 is 0 Å². The molecular formula is C36H56N2O2. The number of nitrogens with one attached hydrogen (secondary N) is 1. The molecule has 3 saturated carbocycles. The number of alkyl carbamates (subject to hydrolysis) is 1. The number of nitrogens with two attached hydrogens (primary N) is 1.